The second kappa shape index (κ2) is 37.3. The zero-order valence-electron chi connectivity index (χ0n) is 11.9. The first kappa shape index (κ1) is 57.6. The van der Waals surface area contributed by atoms with Gasteiger partial charge in [-0.25, -0.2) is 0 Å². The number of ether oxygens (including phenoxy) is 1. The number of nitrogens with one attached hydrogen (secondary N) is 1. The van der Waals surface area contributed by atoms with Crippen LogP contribution in [-0.4, -0.2) is 25.3 Å². The van der Waals surface area contributed by atoms with Crippen LogP contribution in [0.4, 0.5) is 0 Å². The maximum Gasteiger partial charge on any atom is 0.0595 e. The van der Waals surface area contributed by atoms with E-state index in [-0.39, 0.29) is 327 Å². The van der Waals surface area contributed by atoms with Gasteiger partial charge >= 0.3 is 0 Å². The second-order valence-corrected chi connectivity index (χ2v) is 3.25. The van der Waals surface area contributed by atoms with Crippen molar-refractivity contribution in [3.05, 3.63) is 6.92 Å². The van der Waals surface area contributed by atoms with Gasteiger partial charge in [0, 0.05) is 340 Å². The molecule has 0 amide bonds. The van der Waals surface area contributed by atoms with Gasteiger partial charge in [0.15, 0.2) is 0 Å². The van der Waals surface area contributed by atoms with E-state index < -0.39 is 0 Å². The molecule has 0 aromatic rings. The van der Waals surface area contributed by atoms with Gasteiger partial charge in [0.05, 0.1) is 6.10 Å². The fourth-order valence-electron chi connectivity index (χ4n) is 2.14. The molecule has 2 nitrogen and oxygen atoms in total. The standard InChI is InChI=1S/C8H14NO.10Y/c1-2-10-8-4-7-3-6(8)5-9-7;;;;;;;;;;/h6-9H,1-5H2;;;;;;;;;;/q-1;;;;;;;;;;. The third-order valence-electron chi connectivity index (χ3n) is 2.63. The Balaban J connectivity index is -0.0000000173. The third-order valence-corrected chi connectivity index (χ3v) is 2.63. The van der Waals surface area contributed by atoms with Gasteiger partial charge in [-0.2, -0.15) is 0 Å². The zero-order chi connectivity index (χ0) is 6.97. The average molecular weight is 1030 g/mol. The Labute approximate surface area is 376 Å². The minimum Gasteiger partial charge on any atom is -0.410 e. The van der Waals surface area contributed by atoms with Crippen LogP contribution in [0, 0.1) is 12.8 Å². The van der Waals surface area contributed by atoms with Crippen LogP contribution >= 0.6 is 0 Å². The van der Waals surface area contributed by atoms with E-state index >= 15 is 0 Å². The van der Waals surface area contributed by atoms with Gasteiger partial charge < -0.3 is 17.0 Å². The fourth-order valence-corrected chi connectivity index (χ4v) is 2.14. The van der Waals surface area contributed by atoms with Crippen molar-refractivity contribution in [2.45, 2.75) is 25.0 Å². The van der Waals surface area contributed by atoms with Gasteiger partial charge in [-0.3, -0.25) is 0 Å². The summed E-state index contributed by atoms with van der Waals surface area (Å²) in [4.78, 5) is 0. The van der Waals surface area contributed by atoms with Gasteiger partial charge in [0.2, 0.25) is 0 Å². The first-order chi connectivity index (χ1) is 4.90. The largest absolute Gasteiger partial charge is 0.410 e. The number of hydrogen-bond donors (Lipinski definition) is 1. The van der Waals surface area contributed by atoms with Crippen LogP contribution in [0.25, 0.3) is 0 Å². The molecule has 2 rings (SSSR count). The summed E-state index contributed by atoms with van der Waals surface area (Å²) < 4.78 is 5.49. The Kier molecular flexibility index (Phi) is 107. The summed E-state index contributed by atoms with van der Waals surface area (Å²) in [6.07, 6.45) is 3.05. The molecule has 20 heavy (non-hydrogen) atoms. The number of piperidine rings is 1. The Morgan fingerprint density at radius 3 is 1.50 bits per heavy atom. The first-order valence-electron chi connectivity index (χ1n) is 4.04. The van der Waals surface area contributed by atoms with Gasteiger partial charge in [0.1, 0.15) is 0 Å². The summed E-state index contributed by atoms with van der Waals surface area (Å²) in [6.45, 7) is 5.48. The number of fused-ring (bicyclic) bond motifs is 2. The molecule has 1 heterocycles. The second-order valence-electron chi connectivity index (χ2n) is 3.25. The van der Waals surface area contributed by atoms with Crippen LogP contribution in [-0.2, 0) is 332 Å². The molecule has 1 aliphatic heterocycles. The molecule has 2 fully saturated rings. The van der Waals surface area contributed by atoms with E-state index in [0.29, 0.717) is 12.7 Å². The monoisotopic (exact) mass is 1030 g/mol. The van der Waals surface area contributed by atoms with Crippen molar-refractivity contribution in [3.63, 3.8) is 0 Å². The van der Waals surface area contributed by atoms with Crippen LogP contribution in [0.3, 0.4) is 0 Å². The Hall–Kier alpha value is 11.0. The van der Waals surface area contributed by atoms with Crippen LogP contribution in [0.15, 0.2) is 0 Å². The van der Waals surface area contributed by atoms with Crippen molar-refractivity contribution >= 4 is 0 Å². The minimum absolute atomic E-state index is 0. The summed E-state index contributed by atoms with van der Waals surface area (Å²) in [5.74, 6) is 0.784. The number of rotatable bonds is 2. The van der Waals surface area contributed by atoms with E-state index in [1.54, 1.807) is 0 Å². The van der Waals surface area contributed by atoms with Gasteiger partial charge in [-0.15, -0.1) is 0 Å². The molecule has 3 unspecified atom stereocenters. The summed E-state index contributed by atoms with van der Waals surface area (Å²) in [6, 6.07) is 0.751. The molecule has 2 bridgehead atoms. The molecule has 1 saturated heterocycles. The maximum absolute atomic E-state index is 5.49. The van der Waals surface area contributed by atoms with E-state index in [4.69, 9.17) is 4.74 Å². The van der Waals surface area contributed by atoms with Crippen molar-refractivity contribution in [2.24, 2.45) is 5.92 Å². The van der Waals surface area contributed by atoms with E-state index in [2.05, 4.69) is 12.2 Å². The van der Waals surface area contributed by atoms with Crippen molar-refractivity contribution in [1.82, 2.24) is 5.32 Å². The summed E-state index contributed by atoms with van der Waals surface area (Å²) in [7, 11) is 0. The molecule has 1 saturated carbocycles. The van der Waals surface area contributed by atoms with Gasteiger partial charge in [-0.05, 0) is 18.8 Å². The van der Waals surface area contributed by atoms with E-state index in [0.717, 1.165) is 18.5 Å². The molecule has 88 valence electrons. The van der Waals surface area contributed by atoms with Crippen LogP contribution in [0.1, 0.15) is 12.8 Å². The molecule has 12 heteroatoms. The minimum atomic E-state index is 0. The molecular formula is C8H14NOY10-. The maximum atomic E-state index is 5.49. The Morgan fingerprint density at radius 2 is 1.25 bits per heavy atom. The smallest absolute Gasteiger partial charge is 0.0595 e. The topological polar surface area (TPSA) is 21.3 Å². The third kappa shape index (κ3) is 23.6. The summed E-state index contributed by atoms with van der Waals surface area (Å²) in [5.41, 5.74) is 0. The zero-order valence-corrected chi connectivity index (χ0v) is 40.3. The predicted octanol–water partition coefficient (Wildman–Crippen LogP) is 0.562. The van der Waals surface area contributed by atoms with E-state index in [1.807, 2.05) is 0 Å². The van der Waals surface area contributed by atoms with Gasteiger partial charge in [-0.1, -0.05) is 6.61 Å². The van der Waals surface area contributed by atoms with E-state index in [1.165, 1.54) is 12.8 Å². The molecule has 2 aliphatic rings. The Morgan fingerprint density at radius 1 is 0.800 bits per heavy atom. The van der Waals surface area contributed by atoms with Crippen molar-refractivity contribution < 1.29 is 332 Å². The average Bonchev–Trinajstić information content (AvgIpc) is 2.48. The normalized spacial score (nSPS) is 22.4. The molecule has 1 N–H and O–H groups in total. The van der Waals surface area contributed by atoms with Gasteiger partial charge in [0.25, 0.3) is 0 Å². The molecule has 0 aromatic heterocycles. The van der Waals surface area contributed by atoms with Crippen molar-refractivity contribution in [1.29, 1.82) is 0 Å². The van der Waals surface area contributed by atoms with Crippen molar-refractivity contribution in [3.8, 4) is 0 Å². The van der Waals surface area contributed by atoms with Crippen LogP contribution in [0.2, 0.25) is 0 Å². The quantitative estimate of drug-likeness (QED) is 0.410. The van der Waals surface area contributed by atoms with E-state index in [9.17, 15) is 0 Å². The molecule has 0 spiro atoms. The molecule has 1 aliphatic carbocycles. The summed E-state index contributed by atoms with van der Waals surface area (Å²) in [5, 5.41) is 3.44. The predicted molar refractivity (Wildman–Crippen MR) is 39.6 cm³/mol. The fraction of sp³-hybridized carbons (Fsp3) is 0.875. The molecular weight excluding hydrogens is 1020 g/mol. The first-order valence-corrected chi connectivity index (χ1v) is 4.04. The van der Waals surface area contributed by atoms with Crippen LogP contribution < -0.4 is 5.32 Å². The molecule has 3 atom stereocenters. The van der Waals surface area contributed by atoms with Crippen molar-refractivity contribution in [2.75, 3.05) is 13.2 Å². The SMILES string of the molecule is [CH2-]COC1CC2CC1CN2.[Y].[Y].[Y].[Y].[Y].[Y].[Y].[Y].[Y].[Y]. The van der Waals surface area contributed by atoms with Crippen LogP contribution in [0.5, 0.6) is 0 Å². The molecule has 10 radical (unpaired) electrons. The summed E-state index contributed by atoms with van der Waals surface area (Å²) >= 11 is 0. The number of hydrogen-bond acceptors (Lipinski definition) is 2. The molecule has 0 aromatic carbocycles. The Bertz CT molecular complexity index is 146.